The summed E-state index contributed by atoms with van der Waals surface area (Å²) in [5.74, 6) is 0. The quantitative estimate of drug-likeness (QED) is 0.582. The molecule has 0 amide bonds. The molecule has 0 atom stereocenters. The van der Waals surface area contributed by atoms with Crippen molar-refractivity contribution in [2.45, 2.75) is 6.54 Å². The lowest BCUT2D eigenvalue weighted by Crippen LogP contribution is -2.23. The molecule has 27 heavy (non-hydrogen) atoms. The molecule has 0 fully saturated rings. The number of hydrogen-bond donors (Lipinski definition) is 1. The number of nitriles is 1. The van der Waals surface area contributed by atoms with Gasteiger partial charge in [0.1, 0.15) is 6.07 Å². The van der Waals surface area contributed by atoms with Crippen LogP contribution in [0.4, 0.5) is 5.69 Å². The van der Waals surface area contributed by atoms with Gasteiger partial charge in [-0.1, -0.05) is 41.9 Å². The predicted octanol–water partition coefficient (Wildman–Crippen LogP) is 4.22. The molecular formula is C21H15ClN4O. The van der Waals surface area contributed by atoms with Crippen molar-refractivity contribution >= 4 is 39.1 Å². The number of aryl methyl sites for hydroxylation is 1. The van der Waals surface area contributed by atoms with Gasteiger partial charge in [-0.25, -0.2) is 0 Å². The van der Waals surface area contributed by atoms with E-state index in [4.69, 9.17) is 11.6 Å². The highest BCUT2D eigenvalue weighted by atomic mass is 35.5. The molecule has 0 aliphatic heterocycles. The first-order valence-electron chi connectivity index (χ1n) is 8.39. The molecule has 4 rings (SSSR count). The van der Waals surface area contributed by atoms with Crippen molar-refractivity contribution in [1.29, 1.82) is 5.26 Å². The number of nitrogens with zero attached hydrogens (tertiary/aromatic N) is 3. The third-order valence-electron chi connectivity index (χ3n) is 4.63. The summed E-state index contributed by atoms with van der Waals surface area (Å²) < 4.78 is 1.64. The highest BCUT2D eigenvalue weighted by Gasteiger charge is 2.12. The molecule has 2 aromatic carbocycles. The fourth-order valence-corrected chi connectivity index (χ4v) is 3.49. The summed E-state index contributed by atoms with van der Waals surface area (Å²) in [5, 5.41) is 15.0. The van der Waals surface area contributed by atoms with Crippen LogP contribution in [0.1, 0.15) is 11.1 Å². The van der Waals surface area contributed by atoms with Gasteiger partial charge in [0.25, 0.3) is 5.56 Å². The highest BCUT2D eigenvalue weighted by Crippen LogP contribution is 2.30. The van der Waals surface area contributed by atoms with Crippen molar-refractivity contribution in [2.24, 2.45) is 7.05 Å². The van der Waals surface area contributed by atoms with Gasteiger partial charge in [0.2, 0.25) is 0 Å². The maximum Gasteiger partial charge on any atom is 0.255 e. The molecule has 132 valence electrons. The smallest absolute Gasteiger partial charge is 0.255 e. The molecule has 0 aliphatic rings. The van der Waals surface area contributed by atoms with Crippen molar-refractivity contribution in [2.75, 3.05) is 5.32 Å². The van der Waals surface area contributed by atoms with Gasteiger partial charge in [-0.05, 0) is 23.6 Å². The van der Waals surface area contributed by atoms with Crippen molar-refractivity contribution in [3.8, 4) is 6.07 Å². The molecule has 2 heterocycles. The van der Waals surface area contributed by atoms with Crippen LogP contribution in [0.15, 0.2) is 59.5 Å². The minimum atomic E-state index is -0.0731. The zero-order valence-corrected chi connectivity index (χ0v) is 15.3. The van der Waals surface area contributed by atoms with Crippen molar-refractivity contribution < 1.29 is 0 Å². The maximum absolute atomic E-state index is 12.7. The number of nitrogens with one attached hydrogen (secondary N) is 1. The van der Waals surface area contributed by atoms with E-state index in [1.165, 1.54) is 6.20 Å². The molecule has 6 heteroatoms. The molecule has 2 aromatic heterocycles. The van der Waals surface area contributed by atoms with Crippen LogP contribution in [0, 0.1) is 11.3 Å². The van der Waals surface area contributed by atoms with E-state index < -0.39 is 0 Å². The fraction of sp³-hybridized carbons (Fsp3) is 0.0952. The normalized spacial score (nSPS) is 10.9. The van der Waals surface area contributed by atoms with Crippen LogP contribution in [0.2, 0.25) is 5.02 Å². The van der Waals surface area contributed by atoms with Crippen LogP contribution >= 0.6 is 11.6 Å². The second kappa shape index (κ2) is 6.75. The molecule has 0 unspecified atom stereocenters. The first-order valence-corrected chi connectivity index (χ1v) is 8.77. The van der Waals surface area contributed by atoms with Gasteiger partial charge >= 0.3 is 0 Å². The molecule has 0 spiro atoms. The Kier molecular flexibility index (Phi) is 4.27. The SMILES string of the molecule is Cn1c(=O)c(CNc2c(C#N)cnc3c(Cl)cccc23)cc2ccccc21. The van der Waals surface area contributed by atoms with Gasteiger partial charge < -0.3 is 9.88 Å². The van der Waals surface area contributed by atoms with Crippen LogP contribution < -0.4 is 10.9 Å². The predicted molar refractivity (Wildman–Crippen MR) is 108 cm³/mol. The standard InChI is InChI=1S/C21H15ClN4O/c1-26-18-8-3-2-5-13(18)9-14(21(26)27)11-24-19-15(10-23)12-25-20-16(19)6-4-7-17(20)22/h2-9,12H,11H2,1H3,(H,24,25). The van der Waals surface area contributed by atoms with Gasteiger partial charge in [0, 0.05) is 30.7 Å². The van der Waals surface area contributed by atoms with Gasteiger partial charge in [-0.2, -0.15) is 5.26 Å². The van der Waals surface area contributed by atoms with Gasteiger partial charge in [0.05, 0.1) is 27.3 Å². The second-order valence-corrected chi connectivity index (χ2v) is 6.65. The topological polar surface area (TPSA) is 70.7 Å². The van der Waals surface area contributed by atoms with Gasteiger partial charge in [0.15, 0.2) is 0 Å². The number of pyridine rings is 2. The van der Waals surface area contributed by atoms with E-state index in [1.807, 2.05) is 42.5 Å². The maximum atomic E-state index is 12.7. The molecule has 0 saturated heterocycles. The Morgan fingerprint density at radius 2 is 2.04 bits per heavy atom. The number of para-hydroxylation sites is 2. The van der Waals surface area contributed by atoms with E-state index in [2.05, 4.69) is 16.4 Å². The Balaban J connectivity index is 1.80. The summed E-state index contributed by atoms with van der Waals surface area (Å²) >= 11 is 6.23. The second-order valence-electron chi connectivity index (χ2n) is 6.24. The summed E-state index contributed by atoms with van der Waals surface area (Å²) in [6.45, 7) is 0.289. The zero-order valence-electron chi connectivity index (χ0n) is 14.5. The summed E-state index contributed by atoms with van der Waals surface area (Å²) in [6.07, 6.45) is 1.50. The Morgan fingerprint density at radius 3 is 2.85 bits per heavy atom. The van der Waals surface area contributed by atoms with Gasteiger partial charge in [-0.3, -0.25) is 9.78 Å². The summed E-state index contributed by atoms with van der Waals surface area (Å²) in [6, 6.07) is 17.2. The van der Waals surface area contributed by atoms with E-state index in [9.17, 15) is 10.1 Å². The number of halogens is 1. The average molecular weight is 375 g/mol. The number of anilines is 1. The van der Waals surface area contributed by atoms with Gasteiger partial charge in [-0.15, -0.1) is 0 Å². The highest BCUT2D eigenvalue weighted by molar-refractivity contribution is 6.35. The first-order chi connectivity index (χ1) is 13.1. The minimum absolute atomic E-state index is 0.0731. The largest absolute Gasteiger partial charge is 0.379 e. The molecular weight excluding hydrogens is 360 g/mol. The summed E-state index contributed by atoms with van der Waals surface area (Å²) in [5.41, 5.74) is 3.07. The molecule has 0 radical (unpaired) electrons. The number of fused-ring (bicyclic) bond motifs is 2. The van der Waals surface area contributed by atoms with Crippen molar-refractivity contribution in [3.05, 3.63) is 81.2 Å². The summed E-state index contributed by atoms with van der Waals surface area (Å²) in [7, 11) is 1.76. The van der Waals surface area contributed by atoms with Crippen molar-refractivity contribution in [3.63, 3.8) is 0 Å². The zero-order chi connectivity index (χ0) is 19.0. The van der Waals surface area contributed by atoms with Crippen LogP contribution in [0.25, 0.3) is 21.8 Å². The number of aromatic nitrogens is 2. The number of hydrogen-bond acceptors (Lipinski definition) is 4. The third-order valence-corrected chi connectivity index (χ3v) is 4.94. The molecule has 4 aromatic rings. The molecule has 0 bridgehead atoms. The summed E-state index contributed by atoms with van der Waals surface area (Å²) in [4.78, 5) is 17.0. The molecule has 0 saturated carbocycles. The Labute approximate surface area is 160 Å². The van der Waals surface area contributed by atoms with Crippen molar-refractivity contribution in [1.82, 2.24) is 9.55 Å². The minimum Gasteiger partial charge on any atom is -0.379 e. The number of benzene rings is 2. The lowest BCUT2D eigenvalue weighted by atomic mass is 10.1. The Bertz CT molecular complexity index is 1290. The fourth-order valence-electron chi connectivity index (χ4n) is 3.26. The third kappa shape index (κ3) is 2.90. The van der Waals surface area contributed by atoms with E-state index in [0.29, 0.717) is 27.4 Å². The first kappa shape index (κ1) is 17.1. The lowest BCUT2D eigenvalue weighted by Gasteiger charge is -2.13. The van der Waals surface area contributed by atoms with Crippen LogP contribution in [-0.2, 0) is 13.6 Å². The molecule has 5 nitrogen and oxygen atoms in total. The number of rotatable bonds is 3. The Hall–Kier alpha value is -3.36. The Morgan fingerprint density at radius 1 is 1.22 bits per heavy atom. The molecule has 1 N–H and O–H groups in total. The van der Waals surface area contributed by atoms with Crippen LogP contribution in [0.5, 0.6) is 0 Å². The molecule has 0 aliphatic carbocycles. The monoisotopic (exact) mass is 374 g/mol. The lowest BCUT2D eigenvalue weighted by molar-refractivity contribution is 0.879. The average Bonchev–Trinajstić information content (AvgIpc) is 2.69. The van der Waals surface area contributed by atoms with E-state index >= 15 is 0 Å². The van der Waals surface area contributed by atoms with E-state index in [-0.39, 0.29) is 12.1 Å². The van der Waals surface area contributed by atoms with E-state index in [1.54, 1.807) is 17.7 Å². The van der Waals surface area contributed by atoms with Crippen LogP contribution in [0.3, 0.4) is 0 Å². The van der Waals surface area contributed by atoms with Crippen LogP contribution in [-0.4, -0.2) is 9.55 Å². The van der Waals surface area contributed by atoms with E-state index in [0.717, 1.165) is 16.3 Å².